The predicted octanol–water partition coefficient (Wildman–Crippen LogP) is 3.94. The Kier molecular flexibility index (Phi) is 3.38. The van der Waals surface area contributed by atoms with Gasteiger partial charge in [0.15, 0.2) is 0 Å². The minimum atomic E-state index is 0.143. The van der Waals surface area contributed by atoms with Gasteiger partial charge in [-0.15, -0.1) is 0 Å². The van der Waals surface area contributed by atoms with Gasteiger partial charge in [0.05, 0.1) is 11.4 Å². The zero-order valence-corrected chi connectivity index (χ0v) is 11.6. The van der Waals surface area contributed by atoms with E-state index in [-0.39, 0.29) is 5.41 Å². The van der Waals surface area contributed by atoms with Crippen LogP contribution in [0.2, 0.25) is 0 Å². The molecule has 2 aromatic carbocycles. The Hall–Kier alpha value is -2.16. The molecule has 2 aromatic rings. The second-order valence-corrected chi connectivity index (χ2v) is 5.67. The summed E-state index contributed by atoms with van der Waals surface area (Å²) in [6.07, 6.45) is 0. The first-order chi connectivity index (χ1) is 8.86. The third kappa shape index (κ3) is 3.19. The Bertz CT molecular complexity index is 568. The van der Waals surface area contributed by atoms with E-state index in [1.807, 2.05) is 18.2 Å². The molecule has 0 amide bonds. The first-order valence-corrected chi connectivity index (χ1v) is 6.29. The summed E-state index contributed by atoms with van der Waals surface area (Å²) in [6, 6.07) is 13.4. The van der Waals surface area contributed by atoms with Crippen LogP contribution in [0.3, 0.4) is 0 Å². The molecule has 0 atom stereocenters. The van der Waals surface area contributed by atoms with E-state index in [0.717, 1.165) is 5.75 Å². The molecule has 0 radical (unpaired) electrons. The number of nitrogen functional groups attached to an aromatic ring is 2. The van der Waals surface area contributed by atoms with Crippen LogP contribution in [-0.4, -0.2) is 0 Å². The van der Waals surface area contributed by atoms with Crippen molar-refractivity contribution in [2.24, 2.45) is 0 Å². The van der Waals surface area contributed by atoms with Crippen molar-refractivity contribution in [1.82, 2.24) is 0 Å². The highest BCUT2D eigenvalue weighted by Crippen LogP contribution is 2.29. The Morgan fingerprint density at radius 3 is 1.89 bits per heavy atom. The maximum absolute atomic E-state index is 5.75. The quantitative estimate of drug-likeness (QED) is 0.800. The minimum Gasteiger partial charge on any atom is -0.457 e. The third-order valence-corrected chi connectivity index (χ3v) is 3.01. The summed E-state index contributed by atoms with van der Waals surface area (Å²) in [5, 5.41) is 0. The lowest BCUT2D eigenvalue weighted by Crippen LogP contribution is -2.10. The molecule has 4 N–H and O–H groups in total. The number of benzene rings is 2. The molecule has 0 fully saturated rings. The molecule has 0 saturated heterocycles. The molecule has 3 nitrogen and oxygen atoms in total. The summed E-state index contributed by atoms with van der Waals surface area (Å²) < 4.78 is 5.75. The molecule has 0 bridgehead atoms. The Balaban J connectivity index is 2.17. The van der Waals surface area contributed by atoms with Crippen LogP contribution in [0.5, 0.6) is 11.5 Å². The smallest absolute Gasteiger partial charge is 0.129 e. The molecule has 2 rings (SSSR count). The van der Waals surface area contributed by atoms with Crippen LogP contribution in [0.25, 0.3) is 0 Å². The van der Waals surface area contributed by atoms with Gasteiger partial charge < -0.3 is 16.2 Å². The fourth-order valence-corrected chi connectivity index (χ4v) is 1.78. The molecule has 3 heteroatoms. The molecule has 0 aliphatic rings. The van der Waals surface area contributed by atoms with Crippen molar-refractivity contribution >= 4 is 11.4 Å². The van der Waals surface area contributed by atoms with Crippen molar-refractivity contribution in [2.75, 3.05) is 11.5 Å². The van der Waals surface area contributed by atoms with Crippen molar-refractivity contribution in [3.05, 3.63) is 48.0 Å². The maximum Gasteiger partial charge on any atom is 0.129 e. The number of rotatable bonds is 2. The normalized spacial score (nSPS) is 11.3. The molecule has 0 aliphatic carbocycles. The SMILES string of the molecule is CC(C)(C)c1ccc(Oc2ccc(N)c(N)c2)cc1. The van der Waals surface area contributed by atoms with E-state index in [9.17, 15) is 0 Å². The lowest BCUT2D eigenvalue weighted by molar-refractivity contribution is 0.482. The zero-order chi connectivity index (χ0) is 14.0. The van der Waals surface area contributed by atoms with E-state index < -0.39 is 0 Å². The Labute approximate surface area is 114 Å². The summed E-state index contributed by atoms with van der Waals surface area (Å²) in [5.41, 5.74) is 13.9. The average molecular weight is 256 g/mol. The molecule has 0 spiro atoms. The van der Waals surface area contributed by atoms with Crippen LogP contribution in [0.4, 0.5) is 11.4 Å². The largest absolute Gasteiger partial charge is 0.457 e. The van der Waals surface area contributed by atoms with E-state index in [1.54, 1.807) is 12.1 Å². The standard InChI is InChI=1S/C16H20N2O/c1-16(2,3)11-4-6-12(7-5-11)19-13-8-9-14(17)15(18)10-13/h4-10H,17-18H2,1-3H3. The third-order valence-electron chi connectivity index (χ3n) is 3.01. The number of ether oxygens (including phenoxy) is 1. The number of hydrogen-bond donors (Lipinski definition) is 2. The van der Waals surface area contributed by atoms with Gasteiger partial charge >= 0.3 is 0 Å². The number of hydrogen-bond acceptors (Lipinski definition) is 3. The summed E-state index contributed by atoms with van der Waals surface area (Å²) >= 11 is 0. The summed E-state index contributed by atoms with van der Waals surface area (Å²) in [6.45, 7) is 6.55. The van der Waals surface area contributed by atoms with Crippen molar-refractivity contribution in [1.29, 1.82) is 0 Å². The van der Waals surface area contributed by atoms with Gasteiger partial charge in [0, 0.05) is 6.07 Å². The highest BCUT2D eigenvalue weighted by molar-refractivity contribution is 5.65. The average Bonchev–Trinajstić information content (AvgIpc) is 2.33. The van der Waals surface area contributed by atoms with E-state index in [0.29, 0.717) is 17.1 Å². The van der Waals surface area contributed by atoms with Crippen LogP contribution in [0.15, 0.2) is 42.5 Å². The topological polar surface area (TPSA) is 61.3 Å². The molecule has 19 heavy (non-hydrogen) atoms. The summed E-state index contributed by atoms with van der Waals surface area (Å²) in [7, 11) is 0. The number of anilines is 2. The van der Waals surface area contributed by atoms with E-state index in [4.69, 9.17) is 16.2 Å². The molecule has 0 aliphatic heterocycles. The lowest BCUT2D eigenvalue weighted by atomic mass is 9.87. The van der Waals surface area contributed by atoms with Crippen molar-refractivity contribution in [2.45, 2.75) is 26.2 Å². The van der Waals surface area contributed by atoms with Gasteiger partial charge in [0.2, 0.25) is 0 Å². The van der Waals surface area contributed by atoms with Crippen LogP contribution < -0.4 is 16.2 Å². The van der Waals surface area contributed by atoms with E-state index in [2.05, 4.69) is 32.9 Å². The monoisotopic (exact) mass is 256 g/mol. The van der Waals surface area contributed by atoms with Crippen LogP contribution >= 0.6 is 0 Å². The zero-order valence-electron chi connectivity index (χ0n) is 11.6. The Morgan fingerprint density at radius 2 is 1.37 bits per heavy atom. The van der Waals surface area contributed by atoms with E-state index >= 15 is 0 Å². The molecule has 0 aromatic heterocycles. The van der Waals surface area contributed by atoms with Gasteiger partial charge in [0.1, 0.15) is 11.5 Å². The van der Waals surface area contributed by atoms with Gasteiger partial charge in [-0.25, -0.2) is 0 Å². The number of nitrogens with two attached hydrogens (primary N) is 2. The summed E-state index contributed by atoms with van der Waals surface area (Å²) in [5.74, 6) is 1.48. The fourth-order valence-electron chi connectivity index (χ4n) is 1.78. The fraction of sp³-hybridized carbons (Fsp3) is 0.250. The van der Waals surface area contributed by atoms with Gasteiger partial charge in [-0.05, 0) is 35.2 Å². The first kappa shape index (κ1) is 13.3. The highest BCUT2D eigenvalue weighted by atomic mass is 16.5. The van der Waals surface area contributed by atoms with Gasteiger partial charge in [-0.3, -0.25) is 0 Å². The predicted molar refractivity (Wildman–Crippen MR) is 80.5 cm³/mol. The van der Waals surface area contributed by atoms with E-state index in [1.165, 1.54) is 5.56 Å². The van der Waals surface area contributed by atoms with Gasteiger partial charge in [-0.1, -0.05) is 32.9 Å². The van der Waals surface area contributed by atoms with Crippen LogP contribution in [-0.2, 0) is 5.41 Å². The first-order valence-electron chi connectivity index (χ1n) is 6.29. The van der Waals surface area contributed by atoms with Crippen LogP contribution in [0, 0.1) is 0 Å². The minimum absolute atomic E-state index is 0.143. The molecule has 100 valence electrons. The van der Waals surface area contributed by atoms with Crippen LogP contribution in [0.1, 0.15) is 26.3 Å². The van der Waals surface area contributed by atoms with Gasteiger partial charge in [0.25, 0.3) is 0 Å². The lowest BCUT2D eigenvalue weighted by Gasteiger charge is -2.19. The van der Waals surface area contributed by atoms with Crippen molar-refractivity contribution < 1.29 is 4.74 Å². The molecule has 0 heterocycles. The molecular weight excluding hydrogens is 236 g/mol. The van der Waals surface area contributed by atoms with Crippen molar-refractivity contribution in [3.63, 3.8) is 0 Å². The van der Waals surface area contributed by atoms with Gasteiger partial charge in [-0.2, -0.15) is 0 Å². The second kappa shape index (κ2) is 4.84. The molecule has 0 saturated carbocycles. The maximum atomic E-state index is 5.75. The highest BCUT2D eigenvalue weighted by Gasteiger charge is 2.13. The second-order valence-electron chi connectivity index (χ2n) is 5.67. The summed E-state index contributed by atoms with van der Waals surface area (Å²) in [4.78, 5) is 0. The van der Waals surface area contributed by atoms with Crippen molar-refractivity contribution in [3.8, 4) is 11.5 Å². The molecular formula is C16H20N2O. The molecule has 0 unspecified atom stereocenters. The Morgan fingerprint density at radius 1 is 0.789 bits per heavy atom.